The summed E-state index contributed by atoms with van der Waals surface area (Å²) in [4.78, 5) is 10.5. The topological polar surface area (TPSA) is 37.3 Å². The van der Waals surface area contributed by atoms with Gasteiger partial charge in [0.05, 0.1) is 11.1 Å². The minimum absolute atomic E-state index is 0.0740. The Morgan fingerprint density at radius 1 is 1.36 bits per heavy atom. The van der Waals surface area contributed by atoms with E-state index < -0.39 is 17.7 Å². The number of benzene rings is 1. The number of aromatic carboxylic acids is 1. The summed E-state index contributed by atoms with van der Waals surface area (Å²) in [6, 6.07) is 2.52. The maximum absolute atomic E-state index is 12.1. The highest BCUT2D eigenvalue weighted by molar-refractivity contribution is 14.1. The molecule has 0 atom stereocenters. The Labute approximate surface area is 90.9 Å². The van der Waals surface area contributed by atoms with Crippen molar-refractivity contribution < 1.29 is 23.1 Å². The lowest BCUT2D eigenvalue weighted by molar-refractivity contribution is -0.137. The Hall–Kier alpha value is -0.790. The molecular weight excluding hydrogens is 312 g/mol. The van der Waals surface area contributed by atoms with Gasteiger partial charge in [-0.05, 0) is 40.8 Å². The van der Waals surface area contributed by atoms with E-state index in [1.54, 1.807) is 22.6 Å². The molecule has 0 unspecified atom stereocenters. The van der Waals surface area contributed by atoms with Crippen molar-refractivity contribution in [2.24, 2.45) is 0 Å². The normalized spacial score (nSPS) is 11.4. The minimum atomic E-state index is -4.43. The van der Waals surface area contributed by atoms with Gasteiger partial charge in [0, 0.05) is 3.57 Å². The number of halogens is 4. The molecule has 0 aromatic heterocycles. The highest BCUT2D eigenvalue weighted by Crippen LogP contribution is 2.30. The largest absolute Gasteiger partial charge is 0.478 e. The number of alkyl halides is 3. The average molecular weight is 316 g/mol. The van der Waals surface area contributed by atoms with Crippen LogP contribution in [0.1, 0.15) is 15.9 Å². The first-order valence-corrected chi connectivity index (χ1v) is 4.50. The number of carboxylic acids is 1. The van der Waals surface area contributed by atoms with Crippen LogP contribution in [0.4, 0.5) is 13.2 Å². The lowest BCUT2D eigenvalue weighted by atomic mass is 10.1. The Morgan fingerprint density at radius 2 is 1.93 bits per heavy atom. The fraction of sp³-hybridized carbons (Fsp3) is 0.125. The van der Waals surface area contributed by atoms with Crippen LogP contribution in [-0.2, 0) is 6.18 Å². The fourth-order valence-corrected chi connectivity index (χ4v) is 1.61. The van der Waals surface area contributed by atoms with Gasteiger partial charge >= 0.3 is 12.1 Å². The molecule has 6 heteroatoms. The van der Waals surface area contributed by atoms with E-state index in [-0.39, 0.29) is 9.13 Å². The number of carboxylic acid groups (broad SMARTS) is 1. The van der Waals surface area contributed by atoms with Gasteiger partial charge in [0.2, 0.25) is 0 Å². The van der Waals surface area contributed by atoms with Gasteiger partial charge in [0.25, 0.3) is 0 Å². The van der Waals surface area contributed by atoms with Gasteiger partial charge in [-0.1, -0.05) is 0 Å². The van der Waals surface area contributed by atoms with Gasteiger partial charge < -0.3 is 5.11 Å². The molecule has 1 N–H and O–H groups in total. The quantitative estimate of drug-likeness (QED) is 0.809. The van der Waals surface area contributed by atoms with Crippen LogP contribution in [0.3, 0.4) is 0 Å². The summed E-state index contributed by atoms with van der Waals surface area (Å²) in [5.41, 5.74) is -0.967. The van der Waals surface area contributed by atoms with E-state index in [0.717, 1.165) is 18.2 Å². The average Bonchev–Trinajstić information content (AvgIpc) is 2.01. The summed E-state index contributed by atoms with van der Waals surface area (Å²) in [6.07, 6.45) is -4.43. The molecular formula is C8H4F3IO2. The molecule has 0 heterocycles. The summed E-state index contributed by atoms with van der Waals surface area (Å²) < 4.78 is 36.5. The van der Waals surface area contributed by atoms with Crippen LogP contribution in [0.15, 0.2) is 18.2 Å². The van der Waals surface area contributed by atoms with E-state index in [1.165, 1.54) is 0 Å². The summed E-state index contributed by atoms with van der Waals surface area (Å²) in [6.45, 7) is 0. The first-order chi connectivity index (χ1) is 6.32. The van der Waals surface area contributed by atoms with Crippen molar-refractivity contribution >= 4 is 28.6 Å². The van der Waals surface area contributed by atoms with Gasteiger partial charge in [-0.15, -0.1) is 0 Å². The Balaban J connectivity index is 3.20. The molecule has 14 heavy (non-hydrogen) atoms. The molecule has 0 amide bonds. The lowest BCUT2D eigenvalue weighted by Gasteiger charge is -2.07. The van der Waals surface area contributed by atoms with E-state index in [2.05, 4.69) is 0 Å². The SMILES string of the molecule is O=C(O)c1ccc(C(F)(F)F)cc1I. The van der Waals surface area contributed by atoms with Crippen LogP contribution in [0.2, 0.25) is 0 Å². The molecule has 1 aromatic rings. The molecule has 0 fully saturated rings. The van der Waals surface area contributed by atoms with E-state index in [4.69, 9.17) is 5.11 Å². The number of hydrogen-bond donors (Lipinski definition) is 1. The third-order valence-corrected chi connectivity index (χ3v) is 2.42. The molecule has 1 rings (SSSR count). The molecule has 0 aliphatic carbocycles. The number of hydrogen-bond acceptors (Lipinski definition) is 1. The molecule has 0 bridgehead atoms. The Bertz CT molecular complexity index is 373. The maximum atomic E-state index is 12.1. The Morgan fingerprint density at radius 3 is 2.29 bits per heavy atom. The lowest BCUT2D eigenvalue weighted by Crippen LogP contribution is -2.07. The van der Waals surface area contributed by atoms with Crippen LogP contribution in [0, 0.1) is 3.57 Å². The fourth-order valence-electron chi connectivity index (χ4n) is 0.865. The zero-order chi connectivity index (χ0) is 10.9. The predicted molar refractivity (Wildman–Crippen MR) is 51.1 cm³/mol. The van der Waals surface area contributed by atoms with Crippen molar-refractivity contribution in [3.63, 3.8) is 0 Å². The smallest absolute Gasteiger partial charge is 0.416 e. The van der Waals surface area contributed by atoms with Crippen molar-refractivity contribution in [1.82, 2.24) is 0 Å². The summed E-state index contributed by atoms with van der Waals surface area (Å²) in [5, 5.41) is 8.57. The van der Waals surface area contributed by atoms with Crippen LogP contribution >= 0.6 is 22.6 Å². The molecule has 0 saturated heterocycles. The highest BCUT2D eigenvalue weighted by Gasteiger charge is 2.31. The van der Waals surface area contributed by atoms with Gasteiger partial charge in [0.1, 0.15) is 0 Å². The molecule has 0 aliphatic rings. The van der Waals surface area contributed by atoms with Crippen molar-refractivity contribution in [3.05, 3.63) is 32.9 Å². The summed E-state index contributed by atoms with van der Waals surface area (Å²) in [5.74, 6) is -1.23. The standard InChI is InChI=1S/C8H4F3IO2/c9-8(10,11)4-1-2-5(7(13)14)6(12)3-4/h1-3H,(H,13,14). The van der Waals surface area contributed by atoms with Gasteiger partial charge in [-0.25, -0.2) is 4.79 Å². The minimum Gasteiger partial charge on any atom is -0.478 e. The highest BCUT2D eigenvalue weighted by atomic mass is 127. The van der Waals surface area contributed by atoms with Crippen LogP contribution in [0.5, 0.6) is 0 Å². The maximum Gasteiger partial charge on any atom is 0.416 e. The zero-order valence-electron chi connectivity index (χ0n) is 6.60. The molecule has 0 saturated carbocycles. The van der Waals surface area contributed by atoms with E-state index in [0.29, 0.717) is 0 Å². The molecule has 2 nitrogen and oxygen atoms in total. The first-order valence-electron chi connectivity index (χ1n) is 3.42. The van der Waals surface area contributed by atoms with Crippen LogP contribution in [0.25, 0.3) is 0 Å². The molecule has 1 aromatic carbocycles. The van der Waals surface area contributed by atoms with Crippen molar-refractivity contribution in [2.45, 2.75) is 6.18 Å². The molecule has 0 spiro atoms. The second-order valence-corrected chi connectivity index (χ2v) is 3.66. The third-order valence-electron chi connectivity index (χ3n) is 1.53. The molecule has 0 aliphatic heterocycles. The van der Waals surface area contributed by atoms with Crippen molar-refractivity contribution in [1.29, 1.82) is 0 Å². The Kier molecular flexibility index (Phi) is 3.03. The second kappa shape index (κ2) is 3.76. The second-order valence-electron chi connectivity index (χ2n) is 2.50. The number of rotatable bonds is 1. The van der Waals surface area contributed by atoms with Crippen LogP contribution in [-0.4, -0.2) is 11.1 Å². The van der Waals surface area contributed by atoms with Gasteiger partial charge in [-0.3, -0.25) is 0 Å². The van der Waals surface area contributed by atoms with Crippen molar-refractivity contribution in [2.75, 3.05) is 0 Å². The van der Waals surface area contributed by atoms with E-state index >= 15 is 0 Å². The molecule has 76 valence electrons. The van der Waals surface area contributed by atoms with Crippen LogP contribution < -0.4 is 0 Å². The monoisotopic (exact) mass is 316 g/mol. The predicted octanol–water partition coefficient (Wildman–Crippen LogP) is 3.01. The van der Waals surface area contributed by atoms with Gasteiger partial charge in [0.15, 0.2) is 0 Å². The zero-order valence-corrected chi connectivity index (χ0v) is 8.76. The van der Waals surface area contributed by atoms with E-state index in [1.807, 2.05) is 0 Å². The number of carbonyl (C=O) groups is 1. The third kappa shape index (κ3) is 2.37. The van der Waals surface area contributed by atoms with Crippen molar-refractivity contribution in [3.8, 4) is 0 Å². The first kappa shape index (κ1) is 11.3. The molecule has 0 radical (unpaired) electrons. The summed E-state index contributed by atoms with van der Waals surface area (Å²) in [7, 11) is 0. The summed E-state index contributed by atoms with van der Waals surface area (Å²) >= 11 is 1.56. The van der Waals surface area contributed by atoms with Gasteiger partial charge in [-0.2, -0.15) is 13.2 Å². The van der Waals surface area contributed by atoms with E-state index in [9.17, 15) is 18.0 Å².